The zero-order valence-electron chi connectivity index (χ0n) is 17.4. The van der Waals surface area contributed by atoms with Crippen LogP contribution in [0, 0.1) is 24.7 Å². The monoisotopic (exact) mass is 384 g/mol. The van der Waals surface area contributed by atoms with Gasteiger partial charge in [-0.1, -0.05) is 29.8 Å². The van der Waals surface area contributed by atoms with Crippen LogP contribution in [0.2, 0.25) is 0 Å². The van der Waals surface area contributed by atoms with Crippen molar-refractivity contribution in [1.29, 1.82) is 0 Å². The molecule has 4 fully saturated rings. The predicted molar refractivity (Wildman–Crippen MR) is 109 cm³/mol. The Kier molecular flexibility index (Phi) is 5.21. The number of amides is 3. The van der Waals surface area contributed by atoms with Gasteiger partial charge in [-0.3, -0.25) is 10.1 Å². The van der Waals surface area contributed by atoms with Gasteiger partial charge >= 0.3 is 6.03 Å². The van der Waals surface area contributed by atoms with Crippen LogP contribution in [0.1, 0.15) is 56.6 Å². The average Bonchev–Trinajstić information content (AvgIpc) is 2.61. The highest BCUT2D eigenvalue weighted by molar-refractivity contribution is 5.96. The fourth-order valence-corrected chi connectivity index (χ4v) is 6.16. The lowest BCUT2D eigenvalue weighted by molar-refractivity contribution is -0.908. The van der Waals surface area contributed by atoms with E-state index in [1.807, 2.05) is 14.0 Å². The number of urea groups is 1. The molecule has 28 heavy (non-hydrogen) atoms. The van der Waals surface area contributed by atoms with Gasteiger partial charge in [-0.05, 0) is 70.1 Å². The second kappa shape index (κ2) is 7.51. The molecule has 4 bridgehead atoms. The zero-order chi connectivity index (χ0) is 19.9. The second-order valence-corrected chi connectivity index (χ2v) is 9.87. The fourth-order valence-electron chi connectivity index (χ4n) is 6.16. The molecule has 0 aliphatic heterocycles. The SMILES string of the molecule is Cc1ccc(C[NH+](C)[C@H](C)C(=O)NC(=O)NC23CC4CC(CC(C4)C2)C3)cc1. The van der Waals surface area contributed by atoms with Gasteiger partial charge < -0.3 is 10.2 Å². The molecule has 0 heterocycles. The largest absolute Gasteiger partial charge is 0.332 e. The van der Waals surface area contributed by atoms with Crippen molar-refractivity contribution in [3.63, 3.8) is 0 Å². The maximum absolute atomic E-state index is 12.6. The van der Waals surface area contributed by atoms with E-state index >= 15 is 0 Å². The summed E-state index contributed by atoms with van der Waals surface area (Å²) in [6.45, 7) is 4.71. The topological polar surface area (TPSA) is 62.6 Å². The quantitative estimate of drug-likeness (QED) is 0.729. The van der Waals surface area contributed by atoms with E-state index in [4.69, 9.17) is 0 Å². The standard InChI is InChI=1S/C23H33N3O2/c1-15-4-6-17(7-5-15)14-26(3)16(2)21(27)24-22(28)25-23-11-18-8-19(12-23)10-20(9-18)13-23/h4-7,16,18-20H,8-14H2,1-3H3,(H2,24,25,27,28)/p+1/t16-,18?,19?,20?,23?/m1/s1. The van der Waals surface area contributed by atoms with Crippen LogP contribution >= 0.6 is 0 Å². The van der Waals surface area contributed by atoms with Gasteiger partial charge in [-0.15, -0.1) is 0 Å². The minimum Gasteiger partial charge on any atom is -0.332 e. The third-order valence-corrected chi connectivity index (χ3v) is 7.39. The number of hydrogen-bond acceptors (Lipinski definition) is 2. The number of quaternary nitrogens is 1. The van der Waals surface area contributed by atoms with Crippen LogP contribution < -0.4 is 15.5 Å². The molecular formula is C23H34N3O2+. The summed E-state index contributed by atoms with van der Waals surface area (Å²) in [4.78, 5) is 26.3. The van der Waals surface area contributed by atoms with Crippen LogP contribution in [0.25, 0.3) is 0 Å². The zero-order valence-corrected chi connectivity index (χ0v) is 17.4. The van der Waals surface area contributed by atoms with Crippen molar-refractivity contribution in [1.82, 2.24) is 10.6 Å². The number of aryl methyl sites for hydroxylation is 1. The second-order valence-electron chi connectivity index (χ2n) is 9.87. The van der Waals surface area contributed by atoms with Crippen molar-refractivity contribution >= 4 is 11.9 Å². The molecule has 1 aromatic carbocycles. The maximum Gasteiger partial charge on any atom is 0.322 e. The summed E-state index contributed by atoms with van der Waals surface area (Å²) in [6, 6.07) is 7.79. The molecule has 4 aliphatic rings. The van der Waals surface area contributed by atoms with E-state index in [1.165, 1.54) is 30.4 Å². The maximum atomic E-state index is 12.6. The lowest BCUT2D eigenvalue weighted by Crippen LogP contribution is -3.12. The lowest BCUT2D eigenvalue weighted by atomic mass is 9.53. The first-order valence-corrected chi connectivity index (χ1v) is 10.8. The molecule has 0 radical (unpaired) electrons. The molecule has 4 saturated carbocycles. The first kappa shape index (κ1) is 19.4. The van der Waals surface area contributed by atoms with Gasteiger partial charge in [-0.2, -0.15) is 0 Å². The third-order valence-electron chi connectivity index (χ3n) is 7.39. The highest BCUT2D eigenvalue weighted by Gasteiger charge is 2.51. The molecule has 5 nitrogen and oxygen atoms in total. The fraction of sp³-hybridized carbons (Fsp3) is 0.652. The van der Waals surface area contributed by atoms with Gasteiger partial charge in [0.25, 0.3) is 5.91 Å². The summed E-state index contributed by atoms with van der Waals surface area (Å²) in [5.74, 6) is 2.11. The molecule has 3 N–H and O–H groups in total. The summed E-state index contributed by atoms with van der Waals surface area (Å²) >= 11 is 0. The Morgan fingerprint density at radius 3 is 2.14 bits per heavy atom. The number of nitrogens with one attached hydrogen (secondary N) is 3. The van der Waals surface area contributed by atoms with E-state index in [9.17, 15) is 9.59 Å². The van der Waals surface area contributed by atoms with Crippen LogP contribution in [0.4, 0.5) is 4.79 Å². The van der Waals surface area contributed by atoms with Gasteiger partial charge in [0, 0.05) is 11.1 Å². The van der Waals surface area contributed by atoms with Crippen LogP contribution in [0.5, 0.6) is 0 Å². The molecular weight excluding hydrogens is 350 g/mol. The van der Waals surface area contributed by atoms with Crippen molar-refractivity contribution in [2.24, 2.45) is 17.8 Å². The summed E-state index contributed by atoms with van der Waals surface area (Å²) in [5.41, 5.74) is 2.36. The Bertz CT molecular complexity index is 707. The van der Waals surface area contributed by atoms with Crippen LogP contribution in [-0.4, -0.2) is 30.6 Å². The average molecular weight is 385 g/mol. The summed E-state index contributed by atoms with van der Waals surface area (Å²) < 4.78 is 0. The van der Waals surface area contributed by atoms with Crippen LogP contribution in [0.3, 0.4) is 0 Å². The Labute approximate surface area is 168 Å². The van der Waals surface area contributed by atoms with E-state index in [2.05, 4.69) is 41.8 Å². The molecule has 5 heteroatoms. The first-order chi connectivity index (χ1) is 13.3. The van der Waals surface area contributed by atoms with E-state index in [0.29, 0.717) is 0 Å². The van der Waals surface area contributed by atoms with Gasteiger partial charge in [0.15, 0.2) is 6.04 Å². The number of likely N-dealkylation sites (N-methyl/N-ethyl adjacent to an activating group) is 1. The lowest BCUT2D eigenvalue weighted by Gasteiger charge is -2.56. The normalized spacial score (nSPS) is 32.6. The van der Waals surface area contributed by atoms with E-state index in [1.54, 1.807) is 0 Å². The number of carbonyl (C=O) groups excluding carboxylic acids is 2. The molecule has 4 aliphatic carbocycles. The smallest absolute Gasteiger partial charge is 0.322 e. The van der Waals surface area contributed by atoms with Crippen molar-refractivity contribution in [3.8, 4) is 0 Å². The first-order valence-electron chi connectivity index (χ1n) is 10.8. The minimum atomic E-state index is -0.304. The number of rotatable bonds is 5. The van der Waals surface area contributed by atoms with Crippen molar-refractivity contribution in [2.45, 2.75) is 70.5 Å². The molecule has 0 saturated heterocycles. The van der Waals surface area contributed by atoms with E-state index < -0.39 is 0 Å². The summed E-state index contributed by atoms with van der Waals surface area (Å²) in [5, 5.41) is 5.85. The molecule has 0 aromatic heterocycles. The third kappa shape index (κ3) is 4.09. The Hall–Kier alpha value is -1.88. The Morgan fingerprint density at radius 2 is 1.61 bits per heavy atom. The number of imide groups is 1. The number of carbonyl (C=O) groups is 2. The van der Waals surface area contributed by atoms with Crippen molar-refractivity contribution in [3.05, 3.63) is 35.4 Å². The summed E-state index contributed by atoms with van der Waals surface area (Å²) in [6.07, 6.45) is 7.29. The minimum absolute atomic E-state index is 0.0665. The summed E-state index contributed by atoms with van der Waals surface area (Å²) in [7, 11) is 2.00. The van der Waals surface area contributed by atoms with Crippen LogP contribution in [-0.2, 0) is 11.3 Å². The van der Waals surface area contributed by atoms with E-state index in [0.717, 1.165) is 48.5 Å². The molecule has 3 amide bonds. The molecule has 5 rings (SSSR count). The molecule has 152 valence electrons. The molecule has 0 spiro atoms. The Balaban J connectivity index is 1.30. The number of hydrogen-bond donors (Lipinski definition) is 3. The predicted octanol–water partition coefficient (Wildman–Crippen LogP) is 2.19. The molecule has 1 aromatic rings. The van der Waals surface area contributed by atoms with Gasteiger partial charge in [0.05, 0.1) is 7.05 Å². The number of benzene rings is 1. The van der Waals surface area contributed by atoms with Crippen molar-refractivity contribution in [2.75, 3.05) is 7.05 Å². The highest BCUT2D eigenvalue weighted by Crippen LogP contribution is 2.55. The van der Waals surface area contributed by atoms with Gasteiger partial charge in [-0.25, -0.2) is 4.79 Å². The highest BCUT2D eigenvalue weighted by atomic mass is 16.2. The van der Waals surface area contributed by atoms with Crippen molar-refractivity contribution < 1.29 is 14.5 Å². The van der Waals surface area contributed by atoms with Gasteiger partial charge in [0.1, 0.15) is 6.54 Å². The Morgan fingerprint density at radius 1 is 1.07 bits per heavy atom. The molecule has 2 atom stereocenters. The van der Waals surface area contributed by atoms with Crippen LogP contribution in [0.15, 0.2) is 24.3 Å². The van der Waals surface area contributed by atoms with Gasteiger partial charge in [0.2, 0.25) is 0 Å². The molecule has 1 unspecified atom stereocenters. The van der Waals surface area contributed by atoms with E-state index in [-0.39, 0.29) is 23.5 Å².